The molecule has 6 heteroatoms. The van der Waals surface area contributed by atoms with Crippen molar-refractivity contribution in [1.82, 2.24) is 19.9 Å². The summed E-state index contributed by atoms with van der Waals surface area (Å²) in [5.74, 6) is 1.25. The third kappa shape index (κ3) is 6.47. The van der Waals surface area contributed by atoms with Gasteiger partial charge in [-0.2, -0.15) is 0 Å². The highest BCUT2D eigenvalue weighted by Crippen LogP contribution is 2.45. The SMILES string of the molecule is CC(C)[C@H]1c2ccc(F)cc2CC[C@]1(O)CCN(C)CCCCCCCc1nc2ccncc2[nH]1. The molecule has 35 heavy (non-hydrogen) atoms. The van der Waals surface area contributed by atoms with Crippen molar-refractivity contribution in [1.29, 1.82) is 0 Å². The van der Waals surface area contributed by atoms with Crippen molar-refractivity contribution in [3.8, 4) is 0 Å². The summed E-state index contributed by atoms with van der Waals surface area (Å²) in [4.78, 5) is 14.5. The number of hydrogen-bond acceptors (Lipinski definition) is 4. The molecule has 0 radical (unpaired) electrons. The average Bonchev–Trinajstić information content (AvgIpc) is 3.25. The maximum absolute atomic E-state index is 13.7. The summed E-state index contributed by atoms with van der Waals surface area (Å²) < 4.78 is 13.7. The van der Waals surface area contributed by atoms with E-state index in [1.165, 1.54) is 25.7 Å². The van der Waals surface area contributed by atoms with E-state index in [2.05, 4.69) is 40.7 Å². The second kappa shape index (κ2) is 11.6. The normalized spacial score (nSPS) is 20.1. The first-order chi connectivity index (χ1) is 16.9. The van der Waals surface area contributed by atoms with E-state index in [9.17, 15) is 9.50 Å². The number of nitrogens with one attached hydrogen (secondary N) is 1. The fourth-order valence-electron chi connectivity index (χ4n) is 5.88. The Bertz CT molecular complexity index is 1060. The number of fused-ring (bicyclic) bond motifs is 2. The van der Waals surface area contributed by atoms with Gasteiger partial charge in [0.2, 0.25) is 0 Å². The smallest absolute Gasteiger partial charge is 0.123 e. The van der Waals surface area contributed by atoms with Crippen LogP contribution in [0.3, 0.4) is 0 Å². The lowest BCUT2D eigenvalue weighted by Gasteiger charge is -2.44. The molecular formula is C29H41FN4O. The summed E-state index contributed by atoms with van der Waals surface area (Å²) in [6.45, 7) is 6.28. The van der Waals surface area contributed by atoms with E-state index in [0.717, 1.165) is 66.8 Å². The monoisotopic (exact) mass is 480 g/mol. The van der Waals surface area contributed by atoms with Crippen LogP contribution in [0.25, 0.3) is 11.0 Å². The van der Waals surface area contributed by atoms with Gasteiger partial charge in [-0.3, -0.25) is 4.98 Å². The van der Waals surface area contributed by atoms with Crippen LogP contribution in [0.4, 0.5) is 4.39 Å². The molecular weight excluding hydrogens is 439 g/mol. The minimum Gasteiger partial charge on any atom is -0.389 e. The van der Waals surface area contributed by atoms with Crippen molar-refractivity contribution < 1.29 is 9.50 Å². The number of hydrogen-bond donors (Lipinski definition) is 2. The Balaban J connectivity index is 1.15. The first-order valence-corrected chi connectivity index (χ1v) is 13.3. The van der Waals surface area contributed by atoms with Gasteiger partial charge in [0.05, 0.1) is 22.8 Å². The van der Waals surface area contributed by atoms with Gasteiger partial charge in [0.1, 0.15) is 11.6 Å². The van der Waals surface area contributed by atoms with E-state index in [1.54, 1.807) is 18.3 Å². The van der Waals surface area contributed by atoms with Crippen LogP contribution in [-0.2, 0) is 12.8 Å². The molecule has 5 nitrogen and oxygen atoms in total. The molecule has 1 aliphatic carbocycles. The van der Waals surface area contributed by atoms with Gasteiger partial charge in [-0.15, -0.1) is 0 Å². The fraction of sp³-hybridized carbons (Fsp3) is 0.586. The van der Waals surface area contributed by atoms with Gasteiger partial charge in [0.15, 0.2) is 0 Å². The quantitative estimate of drug-likeness (QED) is 0.311. The molecule has 0 saturated heterocycles. The molecule has 0 spiro atoms. The van der Waals surface area contributed by atoms with Gasteiger partial charge in [-0.25, -0.2) is 9.37 Å². The molecule has 2 heterocycles. The summed E-state index contributed by atoms with van der Waals surface area (Å²) in [5, 5.41) is 11.6. The predicted molar refractivity (Wildman–Crippen MR) is 140 cm³/mol. The lowest BCUT2D eigenvalue weighted by Crippen LogP contribution is -2.45. The van der Waals surface area contributed by atoms with Crippen molar-refractivity contribution in [3.63, 3.8) is 0 Å². The molecule has 1 aliphatic rings. The minimum atomic E-state index is -0.722. The number of pyridine rings is 1. The number of benzene rings is 1. The molecule has 0 fully saturated rings. The highest BCUT2D eigenvalue weighted by atomic mass is 19.1. The third-order valence-corrected chi connectivity index (χ3v) is 7.73. The van der Waals surface area contributed by atoms with Crippen LogP contribution in [0.15, 0.2) is 36.7 Å². The van der Waals surface area contributed by atoms with Gasteiger partial charge in [-0.05, 0) is 80.9 Å². The molecule has 2 N–H and O–H groups in total. The van der Waals surface area contributed by atoms with Crippen molar-refractivity contribution in [2.24, 2.45) is 5.92 Å². The van der Waals surface area contributed by atoms with Gasteiger partial charge in [0.25, 0.3) is 0 Å². The molecule has 4 rings (SSSR count). The molecule has 0 amide bonds. The molecule has 0 saturated carbocycles. The minimum absolute atomic E-state index is 0.0586. The maximum atomic E-state index is 13.7. The second-order valence-corrected chi connectivity index (χ2v) is 10.8. The summed E-state index contributed by atoms with van der Waals surface area (Å²) >= 11 is 0. The first-order valence-electron chi connectivity index (χ1n) is 13.3. The molecule has 2 aromatic heterocycles. The zero-order chi connectivity index (χ0) is 24.8. The van der Waals surface area contributed by atoms with E-state index in [4.69, 9.17) is 0 Å². The predicted octanol–water partition coefficient (Wildman–Crippen LogP) is 6.03. The van der Waals surface area contributed by atoms with E-state index in [0.29, 0.717) is 12.3 Å². The van der Waals surface area contributed by atoms with Crippen molar-refractivity contribution in [3.05, 3.63) is 59.4 Å². The number of rotatable bonds is 12. The third-order valence-electron chi connectivity index (χ3n) is 7.73. The number of unbranched alkanes of at least 4 members (excludes halogenated alkanes) is 4. The van der Waals surface area contributed by atoms with Crippen LogP contribution in [-0.4, -0.2) is 50.7 Å². The highest BCUT2D eigenvalue weighted by Gasteiger charge is 2.43. The number of aromatic nitrogens is 3. The van der Waals surface area contributed by atoms with Crippen LogP contribution in [0, 0.1) is 11.7 Å². The van der Waals surface area contributed by atoms with Crippen molar-refractivity contribution in [2.45, 2.75) is 83.2 Å². The van der Waals surface area contributed by atoms with Gasteiger partial charge in [-0.1, -0.05) is 39.2 Å². The highest BCUT2D eigenvalue weighted by molar-refractivity contribution is 5.73. The Kier molecular flexibility index (Phi) is 8.55. The Morgan fingerprint density at radius 1 is 1.14 bits per heavy atom. The first kappa shape index (κ1) is 25.8. The summed E-state index contributed by atoms with van der Waals surface area (Å²) in [5.41, 5.74) is 3.49. The molecule has 0 bridgehead atoms. The average molecular weight is 481 g/mol. The molecule has 3 aromatic rings. The van der Waals surface area contributed by atoms with Crippen LogP contribution < -0.4 is 0 Å². The molecule has 2 atom stereocenters. The van der Waals surface area contributed by atoms with Crippen molar-refractivity contribution >= 4 is 11.0 Å². The second-order valence-electron chi connectivity index (χ2n) is 10.8. The molecule has 0 unspecified atom stereocenters. The fourth-order valence-corrected chi connectivity index (χ4v) is 5.88. The van der Waals surface area contributed by atoms with Crippen LogP contribution >= 0.6 is 0 Å². The number of aromatic amines is 1. The summed E-state index contributed by atoms with van der Waals surface area (Å²) in [6.07, 6.45) is 12.8. The number of aliphatic hydroxyl groups is 1. The number of nitrogens with zero attached hydrogens (tertiary/aromatic N) is 3. The van der Waals surface area contributed by atoms with E-state index in [1.807, 2.05) is 18.3 Å². The Hall–Kier alpha value is -2.31. The summed E-state index contributed by atoms with van der Waals surface area (Å²) in [6, 6.07) is 7.04. The van der Waals surface area contributed by atoms with Crippen molar-refractivity contribution in [2.75, 3.05) is 20.1 Å². The van der Waals surface area contributed by atoms with E-state index < -0.39 is 5.60 Å². The lowest BCUT2D eigenvalue weighted by molar-refractivity contribution is -0.0301. The largest absolute Gasteiger partial charge is 0.389 e. The summed E-state index contributed by atoms with van der Waals surface area (Å²) in [7, 11) is 2.16. The standard InChI is InChI=1S/C29H41FN4O/c1-21(2)28-24-11-10-23(30)19-22(24)12-14-29(28,35)15-18-34(3)17-8-6-4-5-7-9-27-32-25-13-16-31-20-26(25)33-27/h10-11,13,16,19-21,28,35H,4-9,12,14-15,17-18H2,1-3H3,(H,32,33)/t28-,29-/m0/s1. The molecule has 190 valence electrons. The van der Waals surface area contributed by atoms with E-state index in [-0.39, 0.29) is 11.7 Å². The zero-order valence-corrected chi connectivity index (χ0v) is 21.6. The molecule has 0 aliphatic heterocycles. The lowest BCUT2D eigenvalue weighted by atomic mass is 9.66. The molecule has 1 aromatic carbocycles. The van der Waals surface area contributed by atoms with Gasteiger partial charge < -0.3 is 15.0 Å². The number of halogens is 1. The van der Waals surface area contributed by atoms with Gasteiger partial charge >= 0.3 is 0 Å². The van der Waals surface area contributed by atoms with Crippen LogP contribution in [0.5, 0.6) is 0 Å². The Morgan fingerprint density at radius 3 is 2.74 bits per heavy atom. The van der Waals surface area contributed by atoms with Crippen LogP contribution in [0.1, 0.15) is 81.7 Å². The number of H-pyrrole nitrogens is 1. The zero-order valence-electron chi connectivity index (χ0n) is 21.6. The Morgan fingerprint density at radius 2 is 1.94 bits per heavy atom. The number of imidazole rings is 1. The van der Waals surface area contributed by atoms with E-state index >= 15 is 0 Å². The van der Waals surface area contributed by atoms with Crippen LogP contribution in [0.2, 0.25) is 0 Å². The number of aryl methyl sites for hydroxylation is 2. The maximum Gasteiger partial charge on any atom is 0.123 e. The topological polar surface area (TPSA) is 65.0 Å². The Labute approximate surface area is 209 Å². The van der Waals surface area contributed by atoms with Gasteiger partial charge in [0, 0.05) is 25.1 Å².